The molecule has 0 amide bonds. The third-order valence-corrected chi connectivity index (χ3v) is 7.70. The van der Waals surface area contributed by atoms with Gasteiger partial charge in [0.05, 0.1) is 0 Å². The van der Waals surface area contributed by atoms with Crippen molar-refractivity contribution < 1.29 is 21.5 Å². The number of halogens is 1. The summed E-state index contributed by atoms with van der Waals surface area (Å²) < 4.78 is 2.69. The zero-order chi connectivity index (χ0) is 16.2. The van der Waals surface area contributed by atoms with Gasteiger partial charge in [-0.1, -0.05) is 13.8 Å². The quantitative estimate of drug-likeness (QED) is 0.380. The summed E-state index contributed by atoms with van der Waals surface area (Å²) in [6, 6.07) is 0.835. The molecule has 0 unspecified atom stereocenters. The van der Waals surface area contributed by atoms with Crippen LogP contribution in [0, 0.1) is 0 Å². The van der Waals surface area contributed by atoms with Crippen LogP contribution in [0.3, 0.4) is 0 Å². The van der Waals surface area contributed by atoms with Gasteiger partial charge in [-0.25, -0.2) is 0 Å². The second-order valence-electron chi connectivity index (χ2n) is 7.15. The van der Waals surface area contributed by atoms with Crippen LogP contribution in [0.2, 0.25) is 0 Å². The first kappa shape index (κ1) is 17.5. The molecule has 4 nitrogen and oxygen atoms in total. The van der Waals surface area contributed by atoms with Crippen LogP contribution in [0.25, 0.3) is 0 Å². The Morgan fingerprint density at radius 2 is 1.61 bits per heavy atom. The molecule has 130 valence electrons. The molecule has 0 saturated carbocycles. The number of hydrogen-bond acceptors (Lipinski definition) is 4. The van der Waals surface area contributed by atoms with Gasteiger partial charge in [0.15, 0.2) is 0 Å². The Labute approximate surface area is 151 Å². The summed E-state index contributed by atoms with van der Waals surface area (Å²) in [6.07, 6.45) is 9.45. The zero-order valence-corrected chi connectivity index (χ0v) is 16.9. The van der Waals surface area contributed by atoms with E-state index in [9.17, 15) is 0 Å². The van der Waals surface area contributed by atoms with Crippen LogP contribution in [0.4, 0.5) is 0 Å². The van der Waals surface area contributed by atoms with E-state index in [1.165, 1.54) is 57.4 Å². The number of rotatable bonds is 4. The number of likely N-dealkylation sites (tertiary alicyclic amines) is 1. The molecule has 0 atom stereocenters. The number of piperidine rings is 2. The molecule has 0 bridgehead atoms. The number of alkyl halides is 1. The summed E-state index contributed by atoms with van der Waals surface area (Å²) >= 11 is 0.303. The summed E-state index contributed by atoms with van der Waals surface area (Å²) in [7, 11) is 0. The van der Waals surface area contributed by atoms with Gasteiger partial charge in [-0.05, 0) is 0 Å². The maximum absolute atomic E-state index is 4.55. The average molecular weight is 429 g/mol. The van der Waals surface area contributed by atoms with Gasteiger partial charge in [-0.15, -0.1) is 0 Å². The standard InChI is InChI=1S/C18H30IN4/c1-14(2)18-20-12-16(13-21-18)15-4-8-22(9-5-15)17-6-10-23(19-3)11-7-17/h12-15,17H,4-11H2,1-3H3/q-1. The summed E-state index contributed by atoms with van der Waals surface area (Å²) in [5, 5.41) is 0. The van der Waals surface area contributed by atoms with Crippen molar-refractivity contribution in [2.45, 2.75) is 57.4 Å². The molecule has 3 heterocycles. The fourth-order valence-corrected chi connectivity index (χ4v) is 5.35. The van der Waals surface area contributed by atoms with E-state index in [1.54, 1.807) is 0 Å². The second kappa shape index (κ2) is 8.21. The van der Waals surface area contributed by atoms with Gasteiger partial charge >= 0.3 is 132 Å². The first-order valence-corrected chi connectivity index (χ1v) is 12.1. The predicted octanol–water partition coefficient (Wildman–Crippen LogP) is -0.122. The molecule has 0 radical (unpaired) electrons. The van der Waals surface area contributed by atoms with E-state index in [1.807, 2.05) is 0 Å². The van der Waals surface area contributed by atoms with Crippen LogP contribution in [-0.2, 0) is 0 Å². The van der Waals surface area contributed by atoms with Crippen molar-refractivity contribution in [3.63, 3.8) is 0 Å². The number of nitrogens with zero attached hydrogens (tertiary/aromatic N) is 4. The van der Waals surface area contributed by atoms with Crippen molar-refractivity contribution in [2.24, 2.45) is 0 Å². The molecular formula is C18H30IN4-. The average Bonchev–Trinajstić information content (AvgIpc) is 2.62. The summed E-state index contributed by atoms with van der Waals surface area (Å²) in [6.45, 7) is 9.47. The maximum atomic E-state index is 4.55. The van der Waals surface area contributed by atoms with Crippen LogP contribution >= 0.6 is 0 Å². The molecule has 0 spiro atoms. The normalized spacial score (nSPS) is 23.0. The molecular weight excluding hydrogens is 399 g/mol. The molecule has 0 aromatic carbocycles. The first-order chi connectivity index (χ1) is 11.2. The van der Waals surface area contributed by atoms with Crippen LogP contribution in [0.15, 0.2) is 12.4 Å². The van der Waals surface area contributed by atoms with Crippen molar-refractivity contribution >= 4 is 0 Å². The molecule has 0 N–H and O–H groups in total. The molecule has 23 heavy (non-hydrogen) atoms. The number of aromatic nitrogens is 2. The predicted molar refractivity (Wildman–Crippen MR) is 90.2 cm³/mol. The topological polar surface area (TPSA) is 32.3 Å². The van der Waals surface area contributed by atoms with Gasteiger partial charge in [0.2, 0.25) is 0 Å². The Hall–Kier alpha value is -0.270. The minimum absolute atomic E-state index is 0.303. The van der Waals surface area contributed by atoms with E-state index >= 15 is 0 Å². The molecule has 5 heteroatoms. The van der Waals surface area contributed by atoms with Gasteiger partial charge in [0.1, 0.15) is 0 Å². The molecule has 1 aromatic rings. The van der Waals surface area contributed by atoms with E-state index in [2.05, 4.69) is 49.2 Å². The van der Waals surface area contributed by atoms with Gasteiger partial charge in [-0.2, -0.15) is 0 Å². The van der Waals surface area contributed by atoms with E-state index in [-0.39, 0.29) is 0 Å². The van der Waals surface area contributed by atoms with Crippen LogP contribution in [0.5, 0.6) is 0 Å². The minimum atomic E-state index is 0.303. The Morgan fingerprint density at radius 1 is 1.00 bits per heavy atom. The fraction of sp³-hybridized carbons (Fsp3) is 0.778. The third-order valence-electron chi connectivity index (χ3n) is 5.37. The van der Waals surface area contributed by atoms with Crippen LogP contribution < -0.4 is 21.5 Å². The molecule has 2 aliphatic rings. The van der Waals surface area contributed by atoms with E-state index < -0.39 is 0 Å². The van der Waals surface area contributed by atoms with Gasteiger partial charge < -0.3 is 0 Å². The molecule has 2 saturated heterocycles. The van der Waals surface area contributed by atoms with Crippen molar-refractivity contribution in [3.8, 4) is 0 Å². The third kappa shape index (κ3) is 4.42. The second-order valence-corrected chi connectivity index (χ2v) is 9.48. The van der Waals surface area contributed by atoms with Crippen molar-refractivity contribution in [2.75, 3.05) is 31.1 Å². The van der Waals surface area contributed by atoms with Gasteiger partial charge in [-0.3, -0.25) is 0 Å². The van der Waals surface area contributed by atoms with Crippen LogP contribution in [0.1, 0.15) is 62.8 Å². The van der Waals surface area contributed by atoms with Gasteiger partial charge in [0.25, 0.3) is 0 Å². The Morgan fingerprint density at radius 3 is 2.13 bits per heavy atom. The summed E-state index contributed by atoms with van der Waals surface area (Å²) in [5.41, 5.74) is 1.35. The molecule has 2 fully saturated rings. The van der Waals surface area contributed by atoms with Crippen molar-refractivity contribution in [1.82, 2.24) is 18.0 Å². The van der Waals surface area contributed by atoms with E-state index in [0.717, 1.165) is 11.9 Å². The van der Waals surface area contributed by atoms with E-state index in [0.29, 0.717) is 33.3 Å². The van der Waals surface area contributed by atoms with Crippen LogP contribution in [-0.4, -0.2) is 55.1 Å². The molecule has 0 aliphatic carbocycles. The molecule has 3 rings (SSSR count). The summed E-state index contributed by atoms with van der Waals surface area (Å²) in [5.74, 6) is 2.05. The van der Waals surface area contributed by atoms with Crippen molar-refractivity contribution in [3.05, 3.63) is 23.8 Å². The first-order valence-electron chi connectivity index (χ1n) is 8.98. The summed E-state index contributed by atoms with van der Waals surface area (Å²) in [4.78, 5) is 14.2. The Kier molecular flexibility index (Phi) is 6.26. The monoisotopic (exact) mass is 429 g/mol. The van der Waals surface area contributed by atoms with Crippen molar-refractivity contribution in [1.29, 1.82) is 0 Å². The Balaban J connectivity index is 1.50. The van der Waals surface area contributed by atoms with Gasteiger partial charge in [0, 0.05) is 5.92 Å². The van der Waals surface area contributed by atoms with E-state index in [4.69, 9.17) is 0 Å². The molecule has 1 aromatic heterocycles. The Bertz CT molecular complexity index is 474. The fourth-order valence-electron chi connectivity index (χ4n) is 3.82. The number of hydrogen-bond donors (Lipinski definition) is 0. The SMILES string of the molecule is C[I-]N1CCC(N2CCC(c3cnc(C(C)C)nc3)CC2)CC1. The zero-order valence-electron chi connectivity index (χ0n) is 14.7. The molecule has 2 aliphatic heterocycles.